The number of hydrogen-bond donors (Lipinski definition) is 2. The molecule has 0 bridgehead atoms. The fourth-order valence-corrected chi connectivity index (χ4v) is 2.90. The van der Waals surface area contributed by atoms with Gasteiger partial charge in [0.25, 0.3) is 5.91 Å². The Kier molecular flexibility index (Phi) is 7.00. The lowest BCUT2D eigenvalue weighted by Crippen LogP contribution is -2.13. The van der Waals surface area contributed by atoms with Crippen LogP contribution in [0.2, 0.25) is 0 Å². The summed E-state index contributed by atoms with van der Waals surface area (Å²) in [6.45, 7) is 0. The highest BCUT2D eigenvalue weighted by Crippen LogP contribution is 2.17. The maximum Gasteiger partial charge on any atom is 0.255 e. The molecule has 0 atom stereocenters. The second-order valence-electron chi connectivity index (χ2n) is 6.65. The quantitative estimate of drug-likeness (QED) is 0.576. The molecule has 29 heavy (non-hydrogen) atoms. The largest absolute Gasteiger partial charge is 0.497 e. The van der Waals surface area contributed by atoms with E-state index in [0.717, 1.165) is 18.6 Å². The predicted molar refractivity (Wildman–Crippen MR) is 115 cm³/mol. The van der Waals surface area contributed by atoms with Crippen molar-refractivity contribution in [2.75, 3.05) is 17.7 Å². The van der Waals surface area contributed by atoms with Gasteiger partial charge in [-0.15, -0.1) is 0 Å². The SMILES string of the molecule is COc1ccc(NC(=O)c2ccc(NC(=O)CCCc3ccccc3)cc2)cc1. The van der Waals surface area contributed by atoms with Gasteiger partial charge in [-0.1, -0.05) is 30.3 Å². The smallest absolute Gasteiger partial charge is 0.255 e. The summed E-state index contributed by atoms with van der Waals surface area (Å²) in [4.78, 5) is 24.5. The Morgan fingerprint density at radius 2 is 1.41 bits per heavy atom. The van der Waals surface area contributed by atoms with Crippen LogP contribution in [-0.4, -0.2) is 18.9 Å². The standard InChI is InChI=1S/C24H24N2O3/c1-29-22-16-14-21(15-17-22)26-24(28)19-10-12-20(13-11-19)25-23(27)9-5-8-18-6-3-2-4-7-18/h2-4,6-7,10-17H,5,8-9H2,1H3,(H,25,27)(H,26,28). The number of nitrogens with one attached hydrogen (secondary N) is 2. The van der Waals surface area contributed by atoms with Crippen molar-refractivity contribution in [3.8, 4) is 5.75 Å². The van der Waals surface area contributed by atoms with Crippen LogP contribution >= 0.6 is 0 Å². The van der Waals surface area contributed by atoms with Crippen LogP contribution in [0.3, 0.4) is 0 Å². The molecule has 3 aromatic carbocycles. The van der Waals surface area contributed by atoms with E-state index in [0.29, 0.717) is 23.4 Å². The van der Waals surface area contributed by atoms with Crippen molar-refractivity contribution >= 4 is 23.2 Å². The van der Waals surface area contributed by atoms with Crippen molar-refractivity contribution < 1.29 is 14.3 Å². The van der Waals surface area contributed by atoms with E-state index in [-0.39, 0.29) is 11.8 Å². The molecule has 3 aromatic rings. The number of carbonyl (C=O) groups is 2. The number of carbonyl (C=O) groups excluding carboxylic acids is 2. The number of anilines is 2. The van der Waals surface area contributed by atoms with Gasteiger partial charge in [-0.05, 0) is 66.9 Å². The van der Waals surface area contributed by atoms with Crippen molar-refractivity contribution in [2.24, 2.45) is 0 Å². The third-order valence-corrected chi connectivity index (χ3v) is 4.49. The zero-order chi connectivity index (χ0) is 20.5. The van der Waals surface area contributed by atoms with Crippen molar-refractivity contribution in [2.45, 2.75) is 19.3 Å². The second-order valence-corrected chi connectivity index (χ2v) is 6.65. The third-order valence-electron chi connectivity index (χ3n) is 4.49. The summed E-state index contributed by atoms with van der Waals surface area (Å²) in [6.07, 6.45) is 2.12. The van der Waals surface area contributed by atoms with E-state index >= 15 is 0 Å². The molecular weight excluding hydrogens is 364 g/mol. The summed E-state index contributed by atoms with van der Waals surface area (Å²) in [5.41, 5.74) is 3.11. The molecule has 0 saturated carbocycles. The van der Waals surface area contributed by atoms with Crippen molar-refractivity contribution in [1.29, 1.82) is 0 Å². The predicted octanol–water partition coefficient (Wildman–Crippen LogP) is 4.91. The molecule has 0 heterocycles. The van der Waals surface area contributed by atoms with Crippen LogP contribution in [-0.2, 0) is 11.2 Å². The van der Waals surface area contributed by atoms with E-state index in [2.05, 4.69) is 22.8 Å². The van der Waals surface area contributed by atoms with E-state index in [9.17, 15) is 9.59 Å². The minimum absolute atomic E-state index is 0.0311. The second kappa shape index (κ2) is 10.1. The molecule has 0 aliphatic heterocycles. The van der Waals surface area contributed by atoms with Gasteiger partial charge >= 0.3 is 0 Å². The fourth-order valence-electron chi connectivity index (χ4n) is 2.90. The van der Waals surface area contributed by atoms with Crippen LogP contribution in [0.25, 0.3) is 0 Å². The van der Waals surface area contributed by atoms with Crippen molar-refractivity contribution in [1.82, 2.24) is 0 Å². The number of amides is 2. The maximum absolute atomic E-state index is 12.3. The molecule has 0 aliphatic carbocycles. The Morgan fingerprint density at radius 3 is 2.07 bits per heavy atom. The maximum atomic E-state index is 12.3. The van der Waals surface area contributed by atoms with Crippen LogP contribution in [0.4, 0.5) is 11.4 Å². The monoisotopic (exact) mass is 388 g/mol. The van der Waals surface area contributed by atoms with Crippen LogP contribution < -0.4 is 15.4 Å². The van der Waals surface area contributed by atoms with Gasteiger partial charge in [0.1, 0.15) is 5.75 Å². The third kappa shape index (κ3) is 6.21. The number of rotatable bonds is 8. The van der Waals surface area contributed by atoms with Gasteiger partial charge < -0.3 is 15.4 Å². The molecule has 5 nitrogen and oxygen atoms in total. The average Bonchev–Trinajstić information content (AvgIpc) is 2.75. The average molecular weight is 388 g/mol. The van der Waals surface area contributed by atoms with Crippen LogP contribution in [0.1, 0.15) is 28.8 Å². The molecule has 0 fully saturated rings. The molecule has 0 unspecified atom stereocenters. The summed E-state index contributed by atoms with van der Waals surface area (Å²) in [5.74, 6) is 0.485. The molecular formula is C24H24N2O3. The highest BCUT2D eigenvalue weighted by Gasteiger charge is 2.08. The van der Waals surface area contributed by atoms with Gasteiger partial charge in [0.15, 0.2) is 0 Å². The Hall–Kier alpha value is -3.60. The van der Waals surface area contributed by atoms with Crippen LogP contribution in [0.5, 0.6) is 5.75 Å². The topological polar surface area (TPSA) is 67.4 Å². The van der Waals surface area contributed by atoms with Gasteiger partial charge in [-0.2, -0.15) is 0 Å². The van der Waals surface area contributed by atoms with Gasteiger partial charge in [0, 0.05) is 23.4 Å². The minimum atomic E-state index is -0.212. The molecule has 0 aromatic heterocycles. The van der Waals surface area contributed by atoms with E-state index in [1.807, 2.05) is 18.2 Å². The van der Waals surface area contributed by atoms with Gasteiger partial charge in [0.2, 0.25) is 5.91 Å². The first kappa shape index (κ1) is 20.1. The Morgan fingerprint density at radius 1 is 0.793 bits per heavy atom. The lowest BCUT2D eigenvalue weighted by Gasteiger charge is -2.08. The Labute approximate surface area is 170 Å². The zero-order valence-corrected chi connectivity index (χ0v) is 16.4. The highest BCUT2D eigenvalue weighted by atomic mass is 16.5. The first-order chi connectivity index (χ1) is 14.1. The van der Waals surface area contributed by atoms with E-state index < -0.39 is 0 Å². The molecule has 3 rings (SSSR count). The highest BCUT2D eigenvalue weighted by molar-refractivity contribution is 6.04. The summed E-state index contributed by atoms with van der Waals surface area (Å²) >= 11 is 0. The number of aryl methyl sites for hydroxylation is 1. The number of benzene rings is 3. The van der Waals surface area contributed by atoms with Crippen LogP contribution in [0.15, 0.2) is 78.9 Å². The van der Waals surface area contributed by atoms with Gasteiger partial charge in [-0.3, -0.25) is 9.59 Å². The molecule has 5 heteroatoms. The van der Waals surface area contributed by atoms with Gasteiger partial charge in [-0.25, -0.2) is 0 Å². The first-order valence-corrected chi connectivity index (χ1v) is 9.53. The normalized spacial score (nSPS) is 10.2. The van der Waals surface area contributed by atoms with E-state index in [1.54, 1.807) is 55.6 Å². The lowest BCUT2D eigenvalue weighted by molar-refractivity contribution is -0.116. The summed E-state index contributed by atoms with van der Waals surface area (Å²) in [7, 11) is 1.59. The Bertz CT molecular complexity index is 936. The molecule has 2 N–H and O–H groups in total. The van der Waals surface area contributed by atoms with Crippen molar-refractivity contribution in [3.63, 3.8) is 0 Å². The molecule has 0 saturated heterocycles. The van der Waals surface area contributed by atoms with E-state index in [4.69, 9.17) is 4.74 Å². The van der Waals surface area contributed by atoms with Gasteiger partial charge in [0.05, 0.1) is 7.11 Å². The molecule has 148 valence electrons. The van der Waals surface area contributed by atoms with Crippen LogP contribution in [0, 0.1) is 0 Å². The number of ether oxygens (including phenoxy) is 1. The van der Waals surface area contributed by atoms with Crippen molar-refractivity contribution in [3.05, 3.63) is 90.0 Å². The molecule has 0 aliphatic rings. The minimum Gasteiger partial charge on any atom is -0.497 e. The fraction of sp³-hybridized carbons (Fsp3) is 0.167. The molecule has 0 radical (unpaired) electrons. The Balaban J connectivity index is 1.47. The summed E-state index contributed by atoms with van der Waals surface area (Å²) < 4.78 is 5.10. The summed E-state index contributed by atoms with van der Waals surface area (Å²) in [5, 5.41) is 5.70. The zero-order valence-electron chi connectivity index (χ0n) is 16.4. The molecule has 2 amide bonds. The molecule has 0 spiro atoms. The number of hydrogen-bond acceptors (Lipinski definition) is 3. The number of methoxy groups -OCH3 is 1. The first-order valence-electron chi connectivity index (χ1n) is 9.53. The lowest BCUT2D eigenvalue weighted by atomic mass is 10.1. The summed E-state index contributed by atoms with van der Waals surface area (Å²) in [6, 6.07) is 24.1. The van der Waals surface area contributed by atoms with E-state index in [1.165, 1.54) is 5.56 Å².